The van der Waals surface area contributed by atoms with E-state index in [-0.39, 0.29) is 19.8 Å². The number of aliphatic hydroxyl groups excluding tert-OH is 6. The fraction of sp³-hybridized carbons (Fsp3) is 0.966. The number of aliphatic hydroxyl groups is 6. The van der Waals surface area contributed by atoms with Crippen molar-refractivity contribution in [1.29, 1.82) is 0 Å². The van der Waals surface area contributed by atoms with E-state index in [4.69, 9.17) is 61.6 Å². The van der Waals surface area contributed by atoms with Gasteiger partial charge < -0.3 is 97.3 Å². The largest absolute Gasteiger partial charge is 0.477 e. The van der Waals surface area contributed by atoms with Gasteiger partial charge in [0.25, 0.3) is 5.79 Å². The Hall–Kier alpha value is -1.29. The third-order valence-corrected chi connectivity index (χ3v) is 10.2. The van der Waals surface area contributed by atoms with Crippen molar-refractivity contribution >= 4 is 5.97 Å². The van der Waals surface area contributed by atoms with E-state index in [2.05, 4.69) is 0 Å². The van der Waals surface area contributed by atoms with Crippen molar-refractivity contribution in [2.45, 2.75) is 136 Å². The van der Waals surface area contributed by atoms with Crippen LogP contribution >= 0.6 is 0 Å². The summed E-state index contributed by atoms with van der Waals surface area (Å²) < 4.78 is 74.7. The quantitative estimate of drug-likeness (QED) is 0.110. The molecule has 7 N–H and O–H groups in total. The summed E-state index contributed by atoms with van der Waals surface area (Å²) in [5.41, 5.74) is 0. The number of rotatable bonds is 10. The summed E-state index contributed by atoms with van der Waals surface area (Å²) in [5.74, 6) is -3.59. The molecule has 0 saturated carbocycles. The number of carboxylic acid groups (broad SMARTS) is 1. The molecule has 21 heteroatoms. The average molecular weight is 729 g/mol. The normalized spacial score (nSPS) is 54.7. The average Bonchev–Trinajstić information content (AvgIpc) is 3.58. The molecule has 21 atom stereocenters. The summed E-state index contributed by atoms with van der Waals surface area (Å²) in [6, 6.07) is 0. The summed E-state index contributed by atoms with van der Waals surface area (Å²) in [7, 11) is 2.64. The van der Waals surface area contributed by atoms with Crippen LogP contribution in [0.5, 0.6) is 0 Å². The van der Waals surface area contributed by atoms with Crippen LogP contribution in [0.1, 0.15) is 6.92 Å². The number of carbonyl (C=O) groups is 1. The number of hydrogen-bond acceptors (Lipinski definition) is 20. The molecule has 0 amide bonds. The Labute approximate surface area is 284 Å². The first kappa shape index (κ1) is 37.0. The van der Waals surface area contributed by atoms with Gasteiger partial charge in [-0.3, -0.25) is 0 Å². The van der Waals surface area contributed by atoms with Gasteiger partial charge in [0.1, 0.15) is 97.7 Å². The minimum Gasteiger partial charge on any atom is -0.477 e. The van der Waals surface area contributed by atoms with E-state index in [1.54, 1.807) is 0 Å². The Balaban J connectivity index is 1.08. The molecule has 0 aromatic heterocycles. The van der Waals surface area contributed by atoms with Crippen molar-refractivity contribution in [3.63, 3.8) is 0 Å². The van der Waals surface area contributed by atoms with E-state index in [0.717, 1.165) is 0 Å². The van der Waals surface area contributed by atoms with Crippen molar-refractivity contribution in [1.82, 2.24) is 0 Å². The molecule has 21 nitrogen and oxygen atoms in total. The Morgan fingerprint density at radius 2 is 1.16 bits per heavy atom. The summed E-state index contributed by atoms with van der Waals surface area (Å²) >= 11 is 0. The molecule has 7 saturated heterocycles. The summed E-state index contributed by atoms with van der Waals surface area (Å²) in [5, 5.41) is 74.3. The summed E-state index contributed by atoms with van der Waals surface area (Å²) in [6.45, 7) is 0.250. The second-order valence-electron chi connectivity index (χ2n) is 13.3. The van der Waals surface area contributed by atoms with Gasteiger partial charge in [-0.05, 0) is 0 Å². The van der Waals surface area contributed by atoms with Crippen molar-refractivity contribution in [3.8, 4) is 0 Å². The van der Waals surface area contributed by atoms with E-state index in [0.29, 0.717) is 0 Å². The maximum Gasteiger partial charge on any atom is 0.364 e. The first-order chi connectivity index (χ1) is 23.9. The second-order valence-corrected chi connectivity index (χ2v) is 13.3. The molecule has 7 aliphatic heterocycles. The lowest BCUT2D eigenvalue weighted by Gasteiger charge is -2.51. The van der Waals surface area contributed by atoms with Crippen LogP contribution in [0.3, 0.4) is 0 Å². The molecule has 0 aromatic rings. The maximum atomic E-state index is 12.0. The van der Waals surface area contributed by atoms with Gasteiger partial charge in [-0.25, -0.2) is 4.79 Å². The predicted molar refractivity (Wildman–Crippen MR) is 151 cm³/mol. The molecule has 0 spiro atoms. The SMILES string of the molecule is COC1OC2COC(C1O)C2OC1OC2COC(C)(C(=O)O)OC2C(OC2OC3COC(C2O)C3OC2OC(CO)C(O)C(OC)C2O)C1O. The number of hydrogen-bond donors (Lipinski definition) is 7. The first-order valence-corrected chi connectivity index (χ1v) is 16.3. The molecule has 21 unspecified atom stereocenters. The maximum absolute atomic E-state index is 12.0. The molecular weight excluding hydrogens is 684 g/mol. The molecule has 7 fully saturated rings. The molecule has 0 aliphatic carbocycles. The standard InChI is InChI=1S/C29H44O21/c1-29(28(36)37)42-7-11-19(50-29)23(16(35)27(46-11)48-17-9-5-40-21(17)14(33)24(39-3)44-9)49-26-15(34)22-18(10(45-26)6-41-22)47-25-13(32)20(38-2)12(31)8(4-30)43-25/h8-27,30-35H,4-7H2,1-3H3,(H,36,37). The van der Waals surface area contributed by atoms with Gasteiger partial charge in [0.15, 0.2) is 25.2 Å². The highest BCUT2D eigenvalue weighted by Gasteiger charge is 2.61. The molecule has 7 aliphatic rings. The monoisotopic (exact) mass is 728 g/mol. The molecule has 7 heterocycles. The van der Waals surface area contributed by atoms with E-state index in [1.807, 2.05) is 0 Å². The first-order valence-electron chi connectivity index (χ1n) is 16.3. The Morgan fingerprint density at radius 3 is 1.74 bits per heavy atom. The lowest BCUT2D eigenvalue weighted by Crippen LogP contribution is -2.69. The molecule has 0 radical (unpaired) electrons. The van der Waals surface area contributed by atoms with Gasteiger partial charge in [-0.15, -0.1) is 0 Å². The van der Waals surface area contributed by atoms with Crippen molar-refractivity contribution < 1.29 is 102 Å². The highest BCUT2D eigenvalue weighted by Crippen LogP contribution is 2.41. The van der Waals surface area contributed by atoms with Gasteiger partial charge in [0.05, 0.1) is 26.4 Å². The summed E-state index contributed by atoms with van der Waals surface area (Å²) in [6.07, 6.45) is -24.3. The van der Waals surface area contributed by atoms with Gasteiger partial charge in [-0.2, -0.15) is 0 Å². The molecule has 7 rings (SSSR count). The van der Waals surface area contributed by atoms with Crippen molar-refractivity contribution in [2.75, 3.05) is 40.6 Å². The second kappa shape index (κ2) is 14.5. The van der Waals surface area contributed by atoms with Crippen LogP contribution in [0, 0.1) is 0 Å². The number of fused-ring (bicyclic) bond motifs is 5. The van der Waals surface area contributed by atoms with Crippen molar-refractivity contribution in [3.05, 3.63) is 0 Å². The number of ether oxygens (including phenoxy) is 13. The number of methoxy groups -OCH3 is 2. The fourth-order valence-electron chi connectivity index (χ4n) is 7.48. The molecule has 0 aromatic carbocycles. The zero-order valence-electron chi connectivity index (χ0n) is 27.2. The van der Waals surface area contributed by atoms with Crippen LogP contribution in [0.15, 0.2) is 0 Å². The Kier molecular flexibility index (Phi) is 10.7. The number of carboxylic acids is 1. The minimum atomic E-state index is -2.14. The Morgan fingerprint density at radius 1 is 0.640 bits per heavy atom. The van der Waals surface area contributed by atoms with Crippen LogP contribution in [0.2, 0.25) is 0 Å². The molecular formula is C29H44O21. The third kappa shape index (κ3) is 6.38. The van der Waals surface area contributed by atoms with Crippen LogP contribution in [0.4, 0.5) is 0 Å². The van der Waals surface area contributed by atoms with Gasteiger partial charge >= 0.3 is 5.97 Å². The third-order valence-electron chi connectivity index (χ3n) is 10.2. The fourth-order valence-corrected chi connectivity index (χ4v) is 7.48. The Bertz CT molecular complexity index is 1200. The van der Waals surface area contributed by atoms with Crippen LogP contribution in [-0.4, -0.2) is 211 Å². The van der Waals surface area contributed by atoms with Crippen LogP contribution in [-0.2, 0) is 66.4 Å². The van der Waals surface area contributed by atoms with Crippen LogP contribution in [0.25, 0.3) is 0 Å². The smallest absolute Gasteiger partial charge is 0.364 e. The number of aliphatic carboxylic acids is 1. The highest BCUT2D eigenvalue weighted by molar-refractivity contribution is 5.75. The van der Waals surface area contributed by atoms with E-state index < -0.39 is 141 Å². The molecule has 286 valence electrons. The summed E-state index contributed by atoms with van der Waals surface area (Å²) in [4.78, 5) is 12.0. The minimum absolute atomic E-state index is 0.0641. The predicted octanol–water partition coefficient (Wildman–Crippen LogP) is -5.49. The van der Waals surface area contributed by atoms with Gasteiger partial charge in [-0.1, -0.05) is 0 Å². The van der Waals surface area contributed by atoms with E-state index in [9.17, 15) is 40.5 Å². The van der Waals surface area contributed by atoms with Gasteiger partial charge in [0.2, 0.25) is 0 Å². The zero-order valence-corrected chi connectivity index (χ0v) is 27.2. The van der Waals surface area contributed by atoms with Crippen LogP contribution < -0.4 is 0 Å². The van der Waals surface area contributed by atoms with E-state index >= 15 is 0 Å². The lowest BCUT2D eigenvalue weighted by atomic mass is 9.95. The van der Waals surface area contributed by atoms with E-state index in [1.165, 1.54) is 21.1 Å². The zero-order chi connectivity index (χ0) is 35.6. The lowest BCUT2D eigenvalue weighted by molar-refractivity contribution is -0.409. The topological polar surface area (TPSA) is 279 Å². The van der Waals surface area contributed by atoms with Crippen molar-refractivity contribution in [2.24, 2.45) is 0 Å². The molecule has 50 heavy (non-hydrogen) atoms. The van der Waals surface area contributed by atoms with Gasteiger partial charge in [0, 0.05) is 21.1 Å². The molecule has 4 bridgehead atoms. The highest BCUT2D eigenvalue weighted by atomic mass is 16.8.